The van der Waals surface area contributed by atoms with Gasteiger partial charge in [-0.15, -0.1) is 0 Å². The molecule has 1 fully saturated rings. The molecule has 3 heterocycles. The van der Waals surface area contributed by atoms with Gasteiger partial charge in [0.25, 0.3) is 10.1 Å². The number of aldehydes is 1. The first kappa shape index (κ1) is 24.3. The molecular formula is C22H29N5O5S. The van der Waals surface area contributed by atoms with E-state index in [-0.39, 0.29) is 6.04 Å². The molecule has 1 aliphatic rings. The first-order chi connectivity index (χ1) is 15.7. The first-order valence-corrected chi connectivity index (χ1v) is 12.3. The SMILES string of the molecule is CCNc1cccnc1N1CCN(c2cc3cc(OC)ccc3[nH]2)C(C=O)C1.CS(=O)(=O)O. The summed E-state index contributed by atoms with van der Waals surface area (Å²) in [5.41, 5.74) is 2.03. The van der Waals surface area contributed by atoms with E-state index < -0.39 is 10.1 Å². The molecule has 11 heteroatoms. The Bertz CT molecular complexity index is 1190. The summed E-state index contributed by atoms with van der Waals surface area (Å²) in [6.07, 6.45) is 3.53. The Morgan fingerprint density at radius 2 is 2.06 bits per heavy atom. The van der Waals surface area contributed by atoms with E-state index in [0.29, 0.717) is 12.8 Å². The van der Waals surface area contributed by atoms with E-state index in [4.69, 9.17) is 9.29 Å². The van der Waals surface area contributed by atoms with Gasteiger partial charge in [-0.3, -0.25) is 4.55 Å². The van der Waals surface area contributed by atoms with Gasteiger partial charge < -0.3 is 29.6 Å². The number of nitrogens with zero attached hydrogens (tertiary/aromatic N) is 3. The van der Waals surface area contributed by atoms with Gasteiger partial charge in [-0.2, -0.15) is 8.42 Å². The number of aromatic amines is 1. The molecule has 0 bridgehead atoms. The molecule has 4 rings (SSSR count). The number of methoxy groups -OCH3 is 1. The molecule has 0 saturated carbocycles. The minimum atomic E-state index is -3.67. The minimum Gasteiger partial charge on any atom is -0.497 e. The van der Waals surface area contributed by atoms with E-state index in [9.17, 15) is 13.2 Å². The van der Waals surface area contributed by atoms with Crippen molar-refractivity contribution in [3.05, 3.63) is 42.6 Å². The molecule has 3 aromatic rings. The van der Waals surface area contributed by atoms with Crippen LogP contribution in [0.3, 0.4) is 0 Å². The molecule has 0 amide bonds. The Hall–Kier alpha value is -3.31. The highest BCUT2D eigenvalue weighted by Gasteiger charge is 2.29. The van der Waals surface area contributed by atoms with Crippen LogP contribution in [-0.2, 0) is 14.9 Å². The maximum absolute atomic E-state index is 11.9. The number of hydrogen-bond donors (Lipinski definition) is 3. The van der Waals surface area contributed by atoms with Gasteiger partial charge in [0.05, 0.1) is 19.1 Å². The van der Waals surface area contributed by atoms with Crippen LogP contribution in [0.15, 0.2) is 42.6 Å². The summed E-state index contributed by atoms with van der Waals surface area (Å²) in [5.74, 6) is 2.67. The third-order valence-corrected chi connectivity index (χ3v) is 5.15. The van der Waals surface area contributed by atoms with Crippen LogP contribution in [0.2, 0.25) is 0 Å². The van der Waals surface area contributed by atoms with Crippen LogP contribution < -0.4 is 19.9 Å². The molecule has 1 aromatic carbocycles. The van der Waals surface area contributed by atoms with Gasteiger partial charge in [-0.25, -0.2) is 4.98 Å². The van der Waals surface area contributed by atoms with Crippen LogP contribution >= 0.6 is 0 Å². The molecule has 33 heavy (non-hydrogen) atoms. The van der Waals surface area contributed by atoms with E-state index >= 15 is 0 Å². The van der Waals surface area contributed by atoms with E-state index in [0.717, 1.165) is 59.9 Å². The van der Waals surface area contributed by atoms with Crippen LogP contribution in [0.4, 0.5) is 17.3 Å². The number of H-pyrrole nitrogens is 1. The fourth-order valence-corrected chi connectivity index (χ4v) is 3.77. The normalized spacial score (nSPS) is 16.2. The average molecular weight is 476 g/mol. The third-order valence-electron chi connectivity index (χ3n) is 5.15. The summed E-state index contributed by atoms with van der Waals surface area (Å²) < 4.78 is 31.2. The molecule has 2 aromatic heterocycles. The highest BCUT2D eigenvalue weighted by Crippen LogP contribution is 2.30. The number of hydrogen-bond acceptors (Lipinski definition) is 8. The van der Waals surface area contributed by atoms with Crippen molar-refractivity contribution in [1.29, 1.82) is 0 Å². The number of anilines is 3. The third kappa shape index (κ3) is 6.36. The maximum Gasteiger partial charge on any atom is 0.261 e. The van der Waals surface area contributed by atoms with Crippen molar-refractivity contribution in [2.24, 2.45) is 0 Å². The fraction of sp³-hybridized carbons (Fsp3) is 0.364. The second-order valence-corrected chi connectivity index (χ2v) is 9.05. The van der Waals surface area contributed by atoms with Crippen LogP contribution in [0.1, 0.15) is 6.92 Å². The van der Waals surface area contributed by atoms with Crippen molar-refractivity contribution in [3.63, 3.8) is 0 Å². The number of piperazine rings is 1. The summed E-state index contributed by atoms with van der Waals surface area (Å²) in [6, 6.07) is 11.7. The number of pyridine rings is 1. The molecular weight excluding hydrogens is 446 g/mol. The van der Waals surface area contributed by atoms with Crippen LogP contribution in [-0.4, -0.2) is 74.8 Å². The van der Waals surface area contributed by atoms with Gasteiger partial charge in [-0.05, 0) is 43.3 Å². The Morgan fingerprint density at radius 1 is 1.30 bits per heavy atom. The lowest BCUT2D eigenvalue weighted by molar-refractivity contribution is -0.109. The number of aromatic nitrogens is 2. The molecule has 1 atom stereocenters. The number of nitrogens with one attached hydrogen (secondary N) is 2. The number of benzene rings is 1. The van der Waals surface area contributed by atoms with Gasteiger partial charge in [0.15, 0.2) is 5.82 Å². The van der Waals surface area contributed by atoms with Crippen molar-refractivity contribution >= 4 is 44.6 Å². The van der Waals surface area contributed by atoms with E-state index in [1.54, 1.807) is 13.3 Å². The molecule has 0 radical (unpaired) electrons. The number of ether oxygens (including phenoxy) is 1. The Balaban J connectivity index is 0.000000555. The summed E-state index contributed by atoms with van der Waals surface area (Å²) in [4.78, 5) is 24.2. The van der Waals surface area contributed by atoms with Crippen molar-refractivity contribution in [2.75, 3.05) is 54.7 Å². The Kier molecular flexibility index (Phi) is 7.77. The summed E-state index contributed by atoms with van der Waals surface area (Å²) in [5, 5.41) is 4.42. The minimum absolute atomic E-state index is 0.250. The summed E-state index contributed by atoms with van der Waals surface area (Å²) in [6.45, 7) is 5.01. The predicted molar refractivity (Wildman–Crippen MR) is 130 cm³/mol. The maximum atomic E-state index is 11.9. The molecule has 0 spiro atoms. The molecule has 1 saturated heterocycles. The monoisotopic (exact) mass is 475 g/mol. The Morgan fingerprint density at radius 3 is 2.73 bits per heavy atom. The van der Waals surface area contributed by atoms with Crippen molar-refractivity contribution in [1.82, 2.24) is 9.97 Å². The van der Waals surface area contributed by atoms with Crippen molar-refractivity contribution in [2.45, 2.75) is 13.0 Å². The molecule has 178 valence electrons. The van der Waals surface area contributed by atoms with Gasteiger partial charge in [0.1, 0.15) is 23.9 Å². The molecule has 1 aliphatic heterocycles. The standard InChI is InChI=1S/C21H25N5O2.CH4O3S/c1-3-22-19-5-4-8-23-21(19)25-9-10-26(16(13-25)14-27)20-12-15-11-17(28-2)6-7-18(15)24-20;1-5(2,3)4/h4-8,11-12,14,16,22,24H,3,9-10,13H2,1-2H3;1H3,(H,2,3,4). The highest BCUT2D eigenvalue weighted by molar-refractivity contribution is 7.85. The lowest BCUT2D eigenvalue weighted by atomic mass is 10.1. The van der Waals surface area contributed by atoms with Crippen LogP contribution in [0.5, 0.6) is 5.75 Å². The Labute approximate surface area is 193 Å². The lowest BCUT2D eigenvalue weighted by Crippen LogP contribution is -2.54. The van der Waals surface area contributed by atoms with E-state index in [1.165, 1.54) is 0 Å². The summed E-state index contributed by atoms with van der Waals surface area (Å²) in [7, 11) is -2.00. The number of carbonyl (C=O) groups excluding carboxylic acids is 1. The molecule has 0 aliphatic carbocycles. The van der Waals surface area contributed by atoms with Crippen molar-refractivity contribution < 1.29 is 22.5 Å². The average Bonchev–Trinajstić information content (AvgIpc) is 3.21. The second-order valence-electron chi connectivity index (χ2n) is 7.59. The highest BCUT2D eigenvalue weighted by atomic mass is 32.2. The predicted octanol–water partition coefficient (Wildman–Crippen LogP) is 2.40. The lowest BCUT2D eigenvalue weighted by Gasteiger charge is -2.40. The molecule has 10 nitrogen and oxygen atoms in total. The zero-order chi connectivity index (χ0) is 24.0. The zero-order valence-corrected chi connectivity index (χ0v) is 19.7. The van der Waals surface area contributed by atoms with Gasteiger partial charge in [0, 0.05) is 43.3 Å². The smallest absolute Gasteiger partial charge is 0.261 e. The largest absolute Gasteiger partial charge is 0.497 e. The van der Waals surface area contributed by atoms with E-state index in [1.807, 2.05) is 30.3 Å². The topological polar surface area (TPSA) is 128 Å². The van der Waals surface area contributed by atoms with Crippen molar-refractivity contribution in [3.8, 4) is 5.75 Å². The first-order valence-electron chi connectivity index (χ1n) is 10.5. The molecule has 1 unspecified atom stereocenters. The number of carbonyl (C=O) groups is 1. The van der Waals surface area contributed by atoms with Gasteiger partial charge in [0.2, 0.25) is 0 Å². The summed E-state index contributed by atoms with van der Waals surface area (Å²) >= 11 is 0. The fourth-order valence-electron chi connectivity index (χ4n) is 3.77. The molecule has 3 N–H and O–H groups in total. The quantitative estimate of drug-likeness (QED) is 0.364. The van der Waals surface area contributed by atoms with Gasteiger partial charge >= 0.3 is 0 Å². The zero-order valence-electron chi connectivity index (χ0n) is 18.9. The number of fused-ring (bicyclic) bond motifs is 1. The second kappa shape index (κ2) is 10.5. The van der Waals surface area contributed by atoms with E-state index in [2.05, 4.69) is 38.1 Å². The number of rotatable bonds is 6. The van der Waals surface area contributed by atoms with Crippen LogP contribution in [0.25, 0.3) is 10.9 Å². The van der Waals surface area contributed by atoms with Crippen LogP contribution in [0, 0.1) is 0 Å². The van der Waals surface area contributed by atoms with Gasteiger partial charge in [-0.1, -0.05) is 0 Å².